The number of ether oxygens (including phenoxy) is 1. The van der Waals surface area contributed by atoms with Gasteiger partial charge in [0.05, 0.1) is 17.7 Å². The first-order chi connectivity index (χ1) is 13.5. The normalized spacial score (nSPS) is 22.4. The molecule has 4 rings (SSSR count). The summed E-state index contributed by atoms with van der Waals surface area (Å²) in [5.74, 6) is -1.01. The Kier molecular flexibility index (Phi) is 5.00. The number of carbonyl (C=O) groups excluding carboxylic acids is 2. The molecule has 3 heterocycles. The van der Waals surface area contributed by atoms with Crippen LogP contribution in [0.2, 0.25) is 5.02 Å². The molecule has 2 aliphatic rings. The number of aliphatic hydroxyl groups is 1. The first-order valence-corrected chi connectivity index (χ1v) is 9.56. The molecule has 2 atom stereocenters. The van der Waals surface area contributed by atoms with Crippen LogP contribution in [0.4, 0.5) is 0 Å². The SMILES string of the molecule is Cc1ccc(C(=O)C2=C(O)C(=O)N(C[C@@H]3CCCO3)[C@H]2c2cccc(Cl)c2)o1. The molecule has 1 amide bonds. The van der Waals surface area contributed by atoms with Crippen LogP contribution in [0.3, 0.4) is 0 Å². The number of Topliss-reactive ketones (excluding diaryl/α,β-unsaturated/α-hetero) is 1. The third kappa shape index (κ3) is 3.34. The molecule has 1 aromatic heterocycles. The van der Waals surface area contributed by atoms with Gasteiger partial charge < -0.3 is 19.2 Å². The van der Waals surface area contributed by atoms with Gasteiger partial charge in [-0.3, -0.25) is 9.59 Å². The van der Waals surface area contributed by atoms with Crippen LogP contribution in [-0.4, -0.2) is 41.0 Å². The summed E-state index contributed by atoms with van der Waals surface area (Å²) in [4.78, 5) is 27.5. The maximum atomic E-state index is 13.1. The van der Waals surface area contributed by atoms with Gasteiger partial charge in [0, 0.05) is 18.2 Å². The van der Waals surface area contributed by atoms with Crippen molar-refractivity contribution >= 4 is 23.3 Å². The van der Waals surface area contributed by atoms with E-state index in [1.807, 2.05) is 0 Å². The highest BCUT2D eigenvalue weighted by Gasteiger charge is 2.45. The number of aliphatic hydroxyl groups excluding tert-OH is 1. The van der Waals surface area contributed by atoms with Gasteiger partial charge in [-0.05, 0) is 49.6 Å². The van der Waals surface area contributed by atoms with Gasteiger partial charge in [0.1, 0.15) is 5.76 Å². The second-order valence-electron chi connectivity index (χ2n) is 7.05. The van der Waals surface area contributed by atoms with E-state index in [0.29, 0.717) is 23.0 Å². The highest BCUT2D eigenvalue weighted by Crippen LogP contribution is 2.40. The minimum absolute atomic E-state index is 0.000358. The monoisotopic (exact) mass is 401 g/mol. The van der Waals surface area contributed by atoms with Crippen LogP contribution in [0, 0.1) is 6.92 Å². The lowest BCUT2D eigenvalue weighted by Gasteiger charge is -2.28. The van der Waals surface area contributed by atoms with E-state index in [4.69, 9.17) is 20.8 Å². The van der Waals surface area contributed by atoms with Crippen LogP contribution >= 0.6 is 11.6 Å². The number of ketones is 1. The number of halogens is 1. The largest absolute Gasteiger partial charge is 0.503 e. The Morgan fingerprint density at radius 1 is 1.32 bits per heavy atom. The van der Waals surface area contributed by atoms with Gasteiger partial charge in [0.25, 0.3) is 5.91 Å². The molecule has 7 heteroatoms. The van der Waals surface area contributed by atoms with Gasteiger partial charge in [-0.25, -0.2) is 0 Å². The summed E-state index contributed by atoms with van der Waals surface area (Å²) in [5, 5.41) is 11.1. The van der Waals surface area contributed by atoms with Crippen molar-refractivity contribution in [1.29, 1.82) is 0 Å². The fourth-order valence-corrected chi connectivity index (χ4v) is 3.99. The number of carbonyl (C=O) groups is 2. The molecule has 0 spiro atoms. The Morgan fingerprint density at radius 2 is 2.14 bits per heavy atom. The Bertz CT molecular complexity index is 957. The average molecular weight is 402 g/mol. The quantitative estimate of drug-likeness (QED) is 0.766. The number of furan rings is 1. The molecule has 0 aliphatic carbocycles. The van der Waals surface area contributed by atoms with Crippen LogP contribution in [0.1, 0.15) is 40.8 Å². The molecule has 0 unspecified atom stereocenters. The number of aryl methyl sites for hydroxylation is 1. The Balaban J connectivity index is 1.77. The van der Waals surface area contributed by atoms with Crippen molar-refractivity contribution in [2.45, 2.75) is 31.9 Å². The van der Waals surface area contributed by atoms with Gasteiger partial charge in [0.15, 0.2) is 11.5 Å². The van der Waals surface area contributed by atoms with Crippen molar-refractivity contribution in [2.75, 3.05) is 13.2 Å². The smallest absolute Gasteiger partial charge is 0.290 e. The van der Waals surface area contributed by atoms with E-state index in [9.17, 15) is 14.7 Å². The van der Waals surface area contributed by atoms with Gasteiger partial charge in [0.2, 0.25) is 5.78 Å². The fraction of sp³-hybridized carbons (Fsp3) is 0.333. The summed E-state index contributed by atoms with van der Waals surface area (Å²) in [5.41, 5.74) is 0.647. The molecular weight excluding hydrogens is 382 g/mol. The van der Waals surface area contributed by atoms with E-state index in [1.54, 1.807) is 43.3 Å². The minimum Gasteiger partial charge on any atom is -0.503 e. The van der Waals surface area contributed by atoms with E-state index in [-0.39, 0.29) is 24.0 Å². The Hall–Kier alpha value is -2.57. The lowest BCUT2D eigenvalue weighted by molar-refractivity contribution is -0.131. The zero-order valence-electron chi connectivity index (χ0n) is 15.4. The van der Waals surface area contributed by atoms with Crippen LogP contribution in [0.5, 0.6) is 0 Å². The standard InChI is InChI=1S/C21H20ClNO5/c1-12-7-8-16(28-12)19(24)17-18(13-4-2-5-14(22)10-13)23(21(26)20(17)25)11-15-6-3-9-27-15/h2,4-5,7-8,10,15,18,25H,3,6,9,11H2,1H3/t15-,18-/m0/s1. The van der Waals surface area contributed by atoms with Crippen molar-refractivity contribution in [3.8, 4) is 0 Å². The first kappa shape index (κ1) is 18.8. The third-order valence-electron chi connectivity index (χ3n) is 5.10. The Morgan fingerprint density at radius 3 is 2.79 bits per heavy atom. The lowest BCUT2D eigenvalue weighted by Crippen LogP contribution is -2.37. The second kappa shape index (κ2) is 7.45. The number of benzene rings is 1. The predicted octanol–water partition coefficient (Wildman–Crippen LogP) is 4.00. The first-order valence-electron chi connectivity index (χ1n) is 9.18. The molecule has 2 aromatic rings. The second-order valence-corrected chi connectivity index (χ2v) is 7.49. The Labute approximate surface area is 167 Å². The summed E-state index contributed by atoms with van der Waals surface area (Å²) < 4.78 is 11.1. The van der Waals surface area contributed by atoms with E-state index >= 15 is 0 Å². The third-order valence-corrected chi connectivity index (χ3v) is 5.34. The molecule has 6 nitrogen and oxygen atoms in total. The molecule has 0 saturated carbocycles. The average Bonchev–Trinajstić information content (AvgIpc) is 3.38. The van der Waals surface area contributed by atoms with Crippen LogP contribution in [0.15, 0.2) is 52.1 Å². The summed E-state index contributed by atoms with van der Waals surface area (Å²) in [6, 6.07) is 9.40. The predicted molar refractivity (Wildman–Crippen MR) is 102 cm³/mol. The van der Waals surface area contributed by atoms with Crippen LogP contribution < -0.4 is 0 Å². The van der Waals surface area contributed by atoms with Crippen LogP contribution in [0.25, 0.3) is 0 Å². The molecule has 1 fully saturated rings. The van der Waals surface area contributed by atoms with Crippen LogP contribution in [-0.2, 0) is 9.53 Å². The van der Waals surface area contributed by atoms with Gasteiger partial charge in [-0.1, -0.05) is 23.7 Å². The van der Waals surface area contributed by atoms with Crippen molar-refractivity contribution < 1.29 is 23.8 Å². The number of amides is 1. The van der Waals surface area contributed by atoms with Gasteiger partial charge in [-0.15, -0.1) is 0 Å². The number of nitrogens with zero attached hydrogens (tertiary/aromatic N) is 1. The van der Waals surface area contributed by atoms with Crippen molar-refractivity contribution in [2.24, 2.45) is 0 Å². The molecule has 2 aliphatic heterocycles. The maximum absolute atomic E-state index is 13.1. The van der Waals surface area contributed by atoms with Gasteiger partial charge >= 0.3 is 0 Å². The molecule has 1 aromatic carbocycles. The molecule has 0 radical (unpaired) electrons. The zero-order chi connectivity index (χ0) is 19.8. The molecular formula is C21H20ClNO5. The van der Waals surface area contributed by atoms with E-state index in [0.717, 1.165) is 12.8 Å². The molecule has 28 heavy (non-hydrogen) atoms. The highest BCUT2D eigenvalue weighted by atomic mass is 35.5. The molecule has 1 N–H and O–H groups in total. The minimum atomic E-state index is -0.756. The summed E-state index contributed by atoms with van der Waals surface area (Å²) in [6.45, 7) is 2.66. The zero-order valence-corrected chi connectivity index (χ0v) is 16.1. The van der Waals surface area contributed by atoms with E-state index in [2.05, 4.69) is 0 Å². The summed E-state index contributed by atoms with van der Waals surface area (Å²) in [7, 11) is 0. The molecule has 1 saturated heterocycles. The van der Waals surface area contributed by atoms with Crippen molar-refractivity contribution in [3.05, 3.63) is 69.8 Å². The number of rotatable bonds is 5. The fourth-order valence-electron chi connectivity index (χ4n) is 3.79. The van der Waals surface area contributed by atoms with Crippen molar-refractivity contribution in [3.63, 3.8) is 0 Å². The van der Waals surface area contributed by atoms with E-state index in [1.165, 1.54) is 4.90 Å². The highest BCUT2D eigenvalue weighted by molar-refractivity contribution is 6.30. The molecule has 0 bridgehead atoms. The lowest BCUT2D eigenvalue weighted by atomic mass is 9.95. The maximum Gasteiger partial charge on any atom is 0.290 e. The van der Waals surface area contributed by atoms with E-state index < -0.39 is 23.5 Å². The van der Waals surface area contributed by atoms with Crippen molar-refractivity contribution in [1.82, 2.24) is 4.90 Å². The number of hydrogen-bond acceptors (Lipinski definition) is 5. The molecule has 146 valence electrons. The van der Waals surface area contributed by atoms with Gasteiger partial charge in [-0.2, -0.15) is 0 Å². The summed E-state index contributed by atoms with van der Waals surface area (Å²) >= 11 is 6.15. The summed E-state index contributed by atoms with van der Waals surface area (Å²) in [6.07, 6.45) is 1.62. The topological polar surface area (TPSA) is 80.0 Å². The number of hydrogen-bond donors (Lipinski definition) is 1.